The highest BCUT2D eigenvalue weighted by atomic mass is 32.2. The van der Waals surface area contributed by atoms with E-state index in [1.807, 2.05) is 11.8 Å². The maximum atomic E-state index is 11.6. The van der Waals surface area contributed by atoms with Crippen molar-refractivity contribution in [1.82, 2.24) is 4.90 Å². The van der Waals surface area contributed by atoms with Gasteiger partial charge < -0.3 is 14.7 Å². The first kappa shape index (κ1) is 15.8. The SMILES string of the molecule is COCCC1(C(=O)O)CCCN(CCCSC)C1. The van der Waals surface area contributed by atoms with Crippen LogP contribution in [-0.4, -0.2) is 61.3 Å². The van der Waals surface area contributed by atoms with Gasteiger partial charge >= 0.3 is 5.97 Å². The molecule has 1 aliphatic heterocycles. The van der Waals surface area contributed by atoms with Crippen LogP contribution in [0.2, 0.25) is 0 Å². The quantitative estimate of drug-likeness (QED) is 0.686. The number of hydrogen-bond acceptors (Lipinski definition) is 4. The molecule has 0 aromatic rings. The van der Waals surface area contributed by atoms with Crippen molar-refractivity contribution in [3.05, 3.63) is 0 Å². The van der Waals surface area contributed by atoms with Gasteiger partial charge in [0, 0.05) is 20.3 Å². The Bertz CT molecular complexity index is 263. The number of carboxylic acids is 1. The molecular weight excluding hydrogens is 250 g/mol. The van der Waals surface area contributed by atoms with Crippen LogP contribution in [0, 0.1) is 5.41 Å². The number of aliphatic carboxylic acids is 1. The molecule has 0 aromatic heterocycles. The minimum atomic E-state index is -0.658. The molecule has 18 heavy (non-hydrogen) atoms. The van der Waals surface area contributed by atoms with E-state index in [2.05, 4.69) is 11.2 Å². The fourth-order valence-electron chi connectivity index (χ4n) is 2.63. The van der Waals surface area contributed by atoms with Crippen molar-refractivity contribution in [1.29, 1.82) is 0 Å². The number of hydrogen-bond donors (Lipinski definition) is 1. The molecule has 1 atom stereocenters. The lowest BCUT2D eigenvalue weighted by molar-refractivity contribution is -0.154. The molecule has 0 spiro atoms. The van der Waals surface area contributed by atoms with Gasteiger partial charge in [-0.3, -0.25) is 4.79 Å². The minimum Gasteiger partial charge on any atom is -0.481 e. The molecule has 106 valence electrons. The third-order valence-corrected chi connectivity index (χ3v) is 4.41. The van der Waals surface area contributed by atoms with Gasteiger partial charge in [-0.25, -0.2) is 0 Å². The van der Waals surface area contributed by atoms with Crippen LogP contribution in [-0.2, 0) is 9.53 Å². The maximum Gasteiger partial charge on any atom is 0.311 e. The molecular formula is C13H25NO3S. The molecule has 1 fully saturated rings. The molecule has 1 unspecified atom stereocenters. The summed E-state index contributed by atoms with van der Waals surface area (Å²) >= 11 is 1.85. The first-order chi connectivity index (χ1) is 8.64. The largest absolute Gasteiger partial charge is 0.481 e. The average Bonchev–Trinajstić information content (AvgIpc) is 2.37. The first-order valence-electron chi connectivity index (χ1n) is 6.58. The van der Waals surface area contributed by atoms with E-state index >= 15 is 0 Å². The number of rotatable bonds is 8. The fourth-order valence-corrected chi connectivity index (χ4v) is 3.05. The topological polar surface area (TPSA) is 49.8 Å². The smallest absolute Gasteiger partial charge is 0.311 e. The summed E-state index contributed by atoms with van der Waals surface area (Å²) in [5.41, 5.74) is -0.590. The summed E-state index contributed by atoms with van der Waals surface area (Å²) in [7, 11) is 1.63. The van der Waals surface area contributed by atoms with E-state index in [1.165, 1.54) is 0 Å². The van der Waals surface area contributed by atoms with Crippen molar-refractivity contribution in [2.24, 2.45) is 5.41 Å². The van der Waals surface area contributed by atoms with Gasteiger partial charge in [0.05, 0.1) is 5.41 Å². The van der Waals surface area contributed by atoms with Gasteiger partial charge in [-0.2, -0.15) is 11.8 Å². The molecule has 0 radical (unpaired) electrons. The number of ether oxygens (including phenoxy) is 1. The molecule has 4 nitrogen and oxygen atoms in total. The third kappa shape index (κ3) is 4.44. The average molecular weight is 275 g/mol. The van der Waals surface area contributed by atoms with Gasteiger partial charge in [-0.15, -0.1) is 0 Å². The molecule has 0 aromatic carbocycles. The van der Waals surface area contributed by atoms with Gasteiger partial charge in [0.2, 0.25) is 0 Å². The van der Waals surface area contributed by atoms with Gasteiger partial charge in [0.15, 0.2) is 0 Å². The van der Waals surface area contributed by atoms with Crippen LogP contribution < -0.4 is 0 Å². The normalized spacial score (nSPS) is 25.2. The highest BCUT2D eigenvalue weighted by molar-refractivity contribution is 7.98. The Morgan fingerprint density at radius 2 is 2.33 bits per heavy atom. The van der Waals surface area contributed by atoms with Crippen LogP contribution in [0.25, 0.3) is 0 Å². The number of carboxylic acid groups (broad SMARTS) is 1. The lowest BCUT2D eigenvalue weighted by Crippen LogP contribution is -2.48. The lowest BCUT2D eigenvalue weighted by atomic mass is 9.77. The highest BCUT2D eigenvalue weighted by Crippen LogP contribution is 2.34. The molecule has 5 heteroatoms. The summed E-state index contributed by atoms with van der Waals surface area (Å²) in [6, 6.07) is 0. The Morgan fingerprint density at radius 3 is 2.94 bits per heavy atom. The number of likely N-dealkylation sites (tertiary alicyclic amines) is 1. The third-order valence-electron chi connectivity index (χ3n) is 3.72. The summed E-state index contributed by atoms with van der Waals surface area (Å²) in [5.74, 6) is 0.489. The van der Waals surface area contributed by atoms with E-state index in [1.54, 1.807) is 7.11 Å². The lowest BCUT2D eigenvalue weighted by Gasteiger charge is -2.40. The standard InChI is InChI=1S/C13H25NO3S/c1-17-9-6-13(12(15)16)5-3-7-14(11-13)8-4-10-18-2/h3-11H2,1-2H3,(H,15,16). The second-order valence-corrected chi connectivity index (χ2v) is 6.04. The Kier molecular flexibility index (Phi) is 7.04. The predicted octanol–water partition coefficient (Wildman–Crippen LogP) is 1.94. The number of methoxy groups -OCH3 is 1. The van der Waals surface area contributed by atoms with E-state index in [9.17, 15) is 9.90 Å². The highest BCUT2D eigenvalue weighted by Gasteiger charge is 2.41. The Labute approximate surface area is 114 Å². The second kappa shape index (κ2) is 8.02. The first-order valence-corrected chi connectivity index (χ1v) is 7.97. The zero-order valence-electron chi connectivity index (χ0n) is 11.5. The van der Waals surface area contributed by atoms with E-state index in [4.69, 9.17) is 4.74 Å². The van der Waals surface area contributed by atoms with Crippen LogP contribution in [0.4, 0.5) is 0 Å². The van der Waals surface area contributed by atoms with Crippen molar-refractivity contribution < 1.29 is 14.6 Å². The molecule has 0 saturated carbocycles. The van der Waals surface area contributed by atoms with Crippen LogP contribution >= 0.6 is 11.8 Å². The molecule has 0 aliphatic carbocycles. The van der Waals surface area contributed by atoms with E-state index < -0.39 is 11.4 Å². The van der Waals surface area contributed by atoms with E-state index in [-0.39, 0.29) is 0 Å². The molecule has 1 rings (SSSR count). The Morgan fingerprint density at radius 1 is 1.56 bits per heavy atom. The van der Waals surface area contributed by atoms with Crippen molar-refractivity contribution in [2.75, 3.05) is 45.4 Å². The number of nitrogens with zero attached hydrogens (tertiary/aromatic N) is 1. The fraction of sp³-hybridized carbons (Fsp3) is 0.923. The zero-order valence-corrected chi connectivity index (χ0v) is 12.3. The predicted molar refractivity (Wildman–Crippen MR) is 75.2 cm³/mol. The van der Waals surface area contributed by atoms with Crippen LogP contribution in [0.3, 0.4) is 0 Å². The Hall–Kier alpha value is -0.260. The monoisotopic (exact) mass is 275 g/mol. The van der Waals surface area contributed by atoms with Gasteiger partial charge in [0.25, 0.3) is 0 Å². The van der Waals surface area contributed by atoms with Crippen LogP contribution in [0.15, 0.2) is 0 Å². The summed E-state index contributed by atoms with van der Waals surface area (Å²) < 4.78 is 5.07. The molecule has 0 amide bonds. The molecule has 1 saturated heterocycles. The second-order valence-electron chi connectivity index (χ2n) is 5.05. The summed E-state index contributed by atoms with van der Waals surface area (Å²) in [6.07, 6.45) is 5.63. The zero-order chi connectivity index (χ0) is 13.4. The number of thioether (sulfide) groups is 1. The van der Waals surface area contributed by atoms with Crippen molar-refractivity contribution in [3.8, 4) is 0 Å². The number of carbonyl (C=O) groups is 1. The summed E-state index contributed by atoms with van der Waals surface area (Å²) in [5, 5.41) is 9.52. The number of piperidine rings is 1. The molecule has 1 N–H and O–H groups in total. The van der Waals surface area contributed by atoms with Crippen molar-refractivity contribution in [2.45, 2.75) is 25.7 Å². The molecule has 1 heterocycles. The van der Waals surface area contributed by atoms with Gasteiger partial charge in [-0.05, 0) is 50.8 Å². The molecule has 0 bridgehead atoms. The van der Waals surface area contributed by atoms with E-state index in [0.29, 0.717) is 19.6 Å². The maximum absolute atomic E-state index is 11.6. The summed E-state index contributed by atoms with van der Waals surface area (Å²) in [4.78, 5) is 13.9. The van der Waals surface area contributed by atoms with Crippen LogP contribution in [0.5, 0.6) is 0 Å². The van der Waals surface area contributed by atoms with Crippen molar-refractivity contribution >= 4 is 17.7 Å². The van der Waals surface area contributed by atoms with Crippen LogP contribution in [0.1, 0.15) is 25.7 Å². The molecule has 1 aliphatic rings. The van der Waals surface area contributed by atoms with Gasteiger partial charge in [0.1, 0.15) is 0 Å². The summed E-state index contributed by atoms with van der Waals surface area (Å²) in [6.45, 7) is 3.27. The van der Waals surface area contributed by atoms with Crippen molar-refractivity contribution in [3.63, 3.8) is 0 Å². The van der Waals surface area contributed by atoms with E-state index in [0.717, 1.165) is 38.1 Å². The Balaban J connectivity index is 2.53. The minimum absolute atomic E-state index is 0.533. The van der Waals surface area contributed by atoms with Gasteiger partial charge in [-0.1, -0.05) is 0 Å².